The van der Waals surface area contributed by atoms with E-state index in [0.717, 1.165) is 36.2 Å². The van der Waals surface area contributed by atoms with Crippen molar-refractivity contribution in [3.63, 3.8) is 0 Å². The molecule has 0 aliphatic carbocycles. The third-order valence-corrected chi connectivity index (χ3v) is 2.67. The molecule has 2 rings (SSSR count). The number of fused-ring (bicyclic) bond motifs is 1. The molecule has 0 saturated heterocycles. The number of nitrogens with zero attached hydrogens (tertiary/aromatic N) is 1. The van der Waals surface area contributed by atoms with E-state index in [0.29, 0.717) is 10.6 Å². The molecule has 0 aliphatic rings. The van der Waals surface area contributed by atoms with Crippen molar-refractivity contribution in [2.24, 2.45) is 0 Å². The van der Waals surface area contributed by atoms with Crippen LogP contribution in [-0.2, 0) is 6.42 Å². The number of halogens is 1. The minimum Gasteiger partial charge on any atom is -0.458 e. The van der Waals surface area contributed by atoms with Gasteiger partial charge in [0.05, 0.1) is 5.02 Å². The Morgan fingerprint density at radius 2 is 2.20 bits per heavy atom. The lowest BCUT2D eigenvalue weighted by molar-refractivity contribution is 0.536. The van der Waals surface area contributed by atoms with Crippen LogP contribution in [0.2, 0.25) is 5.02 Å². The zero-order valence-electron chi connectivity index (χ0n) is 9.01. The smallest absolute Gasteiger partial charge is 0.171 e. The van der Waals surface area contributed by atoms with E-state index >= 15 is 0 Å². The fourth-order valence-corrected chi connectivity index (χ4v) is 1.92. The van der Waals surface area contributed by atoms with Gasteiger partial charge in [-0.25, -0.2) is 4.98 Å². The summed E-state index contributed by atoms with van der Waals surface area (Å²) < 4.78 is 5.66. The van der Waals surface area contributed by atoms with E-state index in [1.807, 2.05) is 19.1 Å². The summed E-state index contributed by atoms with van der Waals surface area (Å²) in [6, 6.07) is 3.82. The number of furan rings is 1. The molecule has 0 amide bonds. The second kappa shape index (κ2) is 4.23. The van der Waals surface area contributed by atoms with E-state index < -0.39 is 0 Å². The van der Waals surface area contributed by atoms with Gasteiger partial charge < -0.3 is 4.42 Å². The normalized spacial score (nSPS) is 11.1. The van der Waals surface area contributed by atoms with Gasteiger partial charge in [0.25, 0.3) is 0 Å². The highest BCUT2D eigenvalue weighted by atomic mass is 35.5. The van der Waals surface area contributed by atoms with E-state index in [1.54, 1.807) is 0 Å². The van der Waals surface area contributed by atoms with Crippen molar-refractivity contribution in [3.05, 3.63) is 28.6 Å². The number of hydrogen-bond donors (Lipinski definition) is 0. The molecule has 0 aromatic carbocycles. The van der Waals surface area contributed by atoms with Crippen LogP contribution in [0.4, 0.5) is 0 Å². The maximum Gasteiger partial charge on any atom is 0.171 e. The van der Waals surface area contributed by atoms with Crippen LogP contribution in [0.25, 0.3) is 11.1 Å². The topological polar surface area (TPSA) is 26.0 Å². The van der Waals surface area contributed by atoms with E-state index in [9.17, 15) is 0 Å². The van der Waals surface area contributed by atoms with Crippen LogP contribution >= 0.6 is 11.6 Å². The summed E-state index contributed by atoms with van der Waals surface area (Å²) in [5.41, 5.74) is 2.51. The fraction of sp³-hybridized carbons (Fsp3) is 0.417. The first kappa shape index (κ1) is 10.5. The van der Waals surface area contributed by atoms with E-state index in [2.05, 4.69) is 11.9 Å². The Hall–Kier alpha value is -1.02. The van der Waals surface area contributed by atoms with Gasteiger partial charge in [-0.3, -0.25) is 0 Å². The summed E-state index contributed by atoms with van der Waals surface area (Å²) in [5.74, 6) is 0.979. The second-order valence-corrected chi connectivity index (χ2v) is 4.18. The van der Waals surface area contributed by atoms with Crippen LogP contribution in [0.1, 0.15) is 31.2 Å². The molecule has 0 bridgehead atoms. The van der Waals surface area contributed by atoms with Gasteiger partial charge in [-0.1, -0.05) is 24.9 Å². The van der Waals surface area contributed by atoms with Crippen molar-refractivity contribution >= 4 is 22.7 Å². The van der Waals surface area contributed by atoms with Gasteiger partial charge in [-0.05, 0) is 19.4 Å². The van der Waals surface area contributed by atoms with Crippen molar-refractivity contribution in [3.8, 4) is 0 Å². The highest BCUT2D eigenvalue weighted by Crippen LogP contribution is 2.26. The Kier molecular flexibility index (Phi) is 2.96. The molecule has 2 aromatic rings. The predicted octanol–water partition coefficient (Wildman–Crippen LogP) is 4.13. The molecule has 80 valence electrons. The maximum absolute atomic E-state index is 6.08. The number of hydrogen-bond acceptors (Lipinski definition) is 2. The number of unbranched alkanes of at least 4 members (excludes halogenated alkanes) is 1. The lowest BCUT2D eigenvalue weighted by Gasteiger charge is -1.94. The zero-order valence-corrected chi connectivity index (χ0v) is 9.77. The second-order valence-electron chi connectivity index (χ2n) is 3.78. The number of pyridine rings is 1. The van der Waals surface area contributed by atoms with E-state index in [1.165, 1.54) is 0 Å². The first-order valence-electron chi connectivity index (χ1n) is 5.26. The van der Waals surface area contributed by atoms with Crippen molar-refractivity contribution in [1.82, 2.24) is 4.98 Å². The van der Waals surface area contributed by atoms with Gasteiger partial charge in [-0.2, -0.15) is 0 Å². The molecule has 2 heterocycles. The molecule has 0 fully saturated rings. The van der Waals surface area contributed by atoms with Gasteiger partial charge in [0.2, 0.25) is 0 Å². The SMILES string of the molecule is CCCCc1cc2nc(C)cc(Cl)c2o1. The number of rotatable bonds is 3. The number of aromatic nitrogens is 1. The Morgan fingerprint density at radius 3 is 2.93 bits per heavy atom. The minimum atomic E-state index is 0.653. The standard InChI is InChI=1S/C12H14ClNO/c1-3-4-5-9-7-11-12(15-9)10(13)6-8(2)14-11/h6-7H,3-5H2,1-2H3. The van der Waals surface area contributed by atoms with Gasteiger partial charge in [0.15, 0.2) is 5.58 Å². The van der Waals surface area contributed by atoms with Crippen molar-refractivity contribution in [1.29, 1.82) is 0 Å². The zero-order chi connectivity index (χ0) is 10.8. The first-order valence-corrected chi connectivity index (χ1v) is 5.64. The van der Waals surface area contributed by atoms with Crippen molar-refractivity contribution in [2.75, 3.05) is 0 Å². The lowest BCUT2D eigenvalue weighted by atomic mass is 10.2. The summed E-state index contributed by atoms with van der Waals surface area (Å²) in [6.07, 6.45) is 3.26. The molecule has 0 atom stereocenters. The minimum absolute atomic E-state index is 0.653. The molecule has 0 aliphatic heterocycles. The predicted molar refractivity (Wildman–Crippen MR) is 62.4 cm³/mol. The molecule has 2 aromatic heterocycles. The monoisotopic (exact) mass is 223 g/mol. The molecule has 0 spiro atoms. The van der Waals surface area contributed by atoms with Gasteiger partial charge in [-0.15, -0.1) is 0 Å². The van der Waals surface area contributed by atoms with Crippen LogP contribution in [0.3, 0.4) is 0 Å². The van der Waals surface area contributed by atoms with E-state index in [4.69, 9.17) is 16.0 Å². The highest BCUT2D eigenvalue weighted by Gasteiger charge is 2.08. The first-order chi connectivity index (χ1) is 7.20. The quantitative estimate of drug-likeness (QED) is 0.782. The van der Waals surface area contributed by atoms with Crippen molar-refractivity contribution < 1.29 is 4.42 Å². The molecule has 3 heteroatoms. The maximum atomic E-state index is 6.08. The Labute approximate surface area is 94.3 Å². The van der Waals surface area contributed by atoms with Crippen LogP contribution in [-0.4, -0.2) is 4.98 Å². The molecular weight excluding hydrogens is 210 g/mol. The Balaban J connectivity index is 2.41. The summed E-state index contributed by atoms with van der Waals surface area (Å²) in [6.45, 7) is 4.10. The van der Waals surface area contributed by atoms with E-state index in [-0.39, 0.29) is 0 Å². The van der Waals surface area contributed by atoms with Gasteiger partial charge in [0, 0.05) is 18.2 Å². The van der Waals surface area contributed by atoms with Crippen LogP contribution in [0.15, 0.2) is 16.5 Å². The van der Waals surface area contributed by atoms with Gasteiger partial charge >= 0.3 is 0 Å². The molecule has 0 N–H and O–H groups in total. The Bertz CT molecular complexity index is 476. The Morgan fingerprint density at radius 1 is 1.40 bits per heavy atom. The summed E-state index contributed by atoms with van der Waals surface area (Å²) in [7, 11) is 0. The average Bonchev–Trinajstić information content (AvgIpc) is 2.57. The molecule has 0 radical (unpaired) electrons. The third-order valence-electron chi connectivity index (χ3n) is 2.39. The molecule has 0 saturated carbocycles. The summed E-state index contributed by atoms with van der Waals surface area (Å²) in [4.78, 5) is 4.39. The molecular formula is C12H14ClNO. The molecule has 2 nitrogen and oxygen atoms in total. The summed E-state index contributed by atoms with van der Waals surface area (Å²) >= 11 is 6.08. The highest BCUT2D eigenvalue weighted by molar-refractivity contribution is 6.34. The fourth-order valence-electron chi connectivity index (χ4n) is 1.63. The lowest BCUT2D eigenvalue weighted by Crippen LogP contribution is -1.79. The average molecular weight is 224 g/mol. The summed E-state index contributed by atoms with van der Waals surface area (Å²) in [5, 5.41) is 0.653. The number of aryl methyl sites for hydroxylation is 2. The van der Waals surface area contributed by atoms with Crippen LogP contribution < -0.4 is 0 Å². The molecule has 15 heavy (non-hydrogen) atoms. The largest absolute Gasteiger partial charge is 0.458 e. The van der Waals surface area contributed by atoms with Crippen LogP contribution in [0, 0.1) is 6.92 Å². The third kappa shape index (κ3) is 2.15. The molecule has 0 unspecified atom stereocenters. The van der Waals surface area contributed by atoms with Gasteiger partial charge in [0.1, 0.15) is 11.3 Å². The van der Waals surface area contributed by atoms with Crippen molar-refractivity contribution in [2.45, 2.75) is 33.1 Å². The van der Waals surface area contributed by atoms with Crippen LogP contribution in [0.5, 0.6) is 0 Å².